The molecule has 0 saturated heterocycles. The number of rotatable bonds is 5. The number of sulfonamides is 2. The average Bonchev–Trinajstić information content (AvgIpc) is 2.74. The van der Waals surface area contributed by atoms with E-state index in [4.69, 9.17) is 14.3 Å². The van der Waals surface area contributed by atoms with Gasteiger partial charge < -0.3 is 9.15 Å². The molecule has 0 radical (unpaired) electrons. The number of nitrogens with two attached hydrogens (primary N) is 1. The molecular weight excluding hydrogens is 468 g/mol. The van der Waals surface area contributed by atoms with Crippen LogP contribution < -0.4 is 20.0 Å². The number of benzene rings is 3. The highest BCUT2D eigenvalue weighted by atomic mass is 32.2. The summed E-state index contributed by atoms with van der Waals surface area (Å²) in [6.45, 7) is 0. The van der Waals surface area contributed by atoms with Gasteiger partial charge in [0, 0.05) is 6.07 Å². The van der Waals surface area contributed by atoms with Gasteiger partial charge in [0.1, 0.15) is 17.1 Å². The molecule has 0 unspecified atom stereocenters. The first-order chi connectivity index (χ1) is 15.5. The predicted molar refractivity (Wildman–Crippen MR) is 125 cm³/mol. The molecule has 9 nitrogen and oxygen atoms in total. The fraction of sp³-hybridized carbons (Fsp3) is 0.0455. The number of hydrogen-bond acceptors (Lipinski definition) is 7. The third-order valence-electron chi connectivity index (χ3n) is 4.04. The summed E-state index contributed by atoms with van der Waals surface area (Å²) in [6.07, 6.45) is 0.980. The second-order valence-corrected chi connectivity index (χ2v) is 10.1. The molecular formula is C22H20N2O7S2. The zero-order valence-electron chi connectivity index (χ0n) is 17.3. The van der Waals surface area contributed by atoms with Crippen molar-refractivity contribution < 1.29 is 26.0 Å². The summed E-state index contributed by atoms with van der Waals surface area (Å²) in [5, 5.41) is 5.13. The Morgan fingerprint density at radius 1 is 0.818 bits per heavy atom. The van der Waals surface area contributed by atoms with Crippen molar-refractivity contribution in [3.05, 3.63) is 95.2 Å². The Kier molecular flexibility index (Phi) is 7.16. The molecule has 11 heteroatoms. The smallest absolute Gasteiger partial charge is 0.238 e. The van der Waals surface area contributed by atoms with Gasteiger partial charge in [0.25, 0.3) is 0 Å². The molecule has 1 heterocycles. The van der Waals surface area contributed by atoms with E-state index in [1.807, 2.05) is 18.2 Å². The standard InChI is InChI=1S/C16H13NO5S.C6H7NO2S/c1-23(19,20)17-16-10-14(18)13-9-12(7-8-15(13)22-16)21-11-5-3-2-4-6-11;7-10(8,9)6-4-2-1-3-5-6/h2-10,17H,1H3;1-5H,(H2,7,8,9). The predicted octanol–water partition coefficient (Wildman–Crippen LogP) is 3.29. The molecule has 0 fully saturated rings. The lowest BCUT2D eigenvalue weighted by Crippen LogP contribution is -2.12. The second kappa shape index (κ2) is 9.86. The highest BCUT2D eigenvalue weighted by Crippen LogP contribution is 2.25. The first kappa shape index (κ1) is 24.0. The minimum absolute atomic E-state index is 0.123. The number of hydrogen-bond donors (Lipinski definition) is 2. The summed E-state index contributed by atoms with van der Waals surface area (Å²) >= 11 is 0. The monoisotopic (exact) mass is 488 g/mol. The number of ether oxygens (including phenoxy) is 1. The van der Waals surface area contributed by atoms with Crippen LogP contribution in [-0.4, -0.2) is 23.1 Å². The maximum atomic E-state index is 12.1. The number of fused-ring (bicyclic) bond motifs is 1. The third-order valence-corrected chi connectivity index (χ3v) is 5.54. The normalized spacial score (nSPS) is 11.3. The van der Waals surface area contributed by atoms with Crippen molar-refractivity contribution in [2.75, 3.05) is 11.0 Å². The molecule has 33 heavy (non-hydrogen) atoms. The van der Waals surface area contributed by atoms with Gasteiger partial charge in [0.15, 0.2) is 5.43 Å². The molecule has 3 aromatic carbocycles. The van der Waals surface area contributed by atoms with E-state index in [-0.39, 0.29) is 21.8 Å². The first-order valence-electron chi connectivity index (χ1n) is 9.38. The van der Waals surface area contributed by atoms with Crippen molar-refractivity contribution in [1.29, 1.82) is 0 Å². The molecule has 172 valence electrons. The van der Waals surface area contributed by atoms with Gasteiger partial charge in [-0.05, 0) is 42.5 Å². The highest BCUT2D eigenvalue weighted by molar-refractivity contribution is 7.92. The zero-order valence-corrected chi connectivity index (χ0v) is 19.0. The lowest BCUT2D eigenvalue weighted by Gasteiger charge is -2.07. The van der Waals surface area contributed by atoms with E-state index in [0.29, 0.717) is 16.9 Å². The molecule has 0 atom stereocenters. The van der Waals surface area contributed by atoms with Crippen LogP contribution in [0.25, 0.3) is 11.0 Å². The van der Waals surface area contributed by atoms with Crippen LogP contribution in [0.4, 0.5) is 5.88 Å². The van der Waals surface area contributed by atoms with Gasteiger partial charge >= 0.3 is 0 Å². The van der Waals surface area contributed by atoms with Crippen LogP contribution in [-0.2, 0) is 20.0 Å². The van der Waals surface area contributed by atoms with E-state index in [1.165, 1.54) is 12.1 Å². The van der Waals surface area contributed by atoms with Crippen LogP contribution >= 0.6 is 0 Å². The van der Waals surface area contributed by atoms with Gasteiger partial charge in [0.2, 0.25) is 25.9 Å². The summed E-state index contributed by atoms with van der Waals surface area (Å²) in [4.78, 5) is 12.3. The summed E-state index contributed by atoms with van der Waals surface area (Å²) in [7, 11) is -7.02. The number of para-hydroxylation sites is 1. The maximum Gasteiger partial charge on any atom is 0.238 e. The van der Waals surface area contributed by atoms with Crippen LogP contribution in [0.5, 0.6) is 11.5 Å². The Morgan fingerprint density at radius 2 is 1.42 bits per heavy atom. The van der Waals surface area contributed by atoms with Crippen LogP contribution in [0, 0.1) is 0 Å². The van der Waals surface area contributed by atoms with Gasteiger partial charge in [-0.3, -0.25) is 9.52 Å². The summed E-state index contributed by atoms with van der Waals surface area (Å²) < 4.78 is 56.8. The fourth-order valence-corrected chi connectivity index (χ4v) is 3.67. The highest BCUT2D eigenvalue weighted by Gasteiger charge is 2.10. The van der Waals surface area contributed by atoms with Crippen molar-refractivity contribution in [2.45, 2.75) is 4.90 Å². The number of anilines is 1. The topological polar surface area (TPSA) is 146 Å². The minimum atomic E-state index is -3.52. The fourth-order valence-electron chi connectivity index (χ4n) is 2.67. The Hall–Kier alpha value is -3.67. The Morgan fingerprint density at radius 3 is 1.97 bits per heavy atom. The molecule has 0 saturated carbocycles. The van der Waals surface area contributed by atoms with E-state index in [0.717, 1.165) is 12.3 Å². The minimum Gasteiger partial charge on any atom is -0.457 e. The van der Waals surface area contributed by atoms with E-state index < -0.39 is 20.0 Å². The van der Waals surface area contributed by atoms with Crippen molar-refractivity contribution in [2.24, 2.45) is 5.14 Å². The third kappa shape index (κ3) is 7.17. The molecule has 0 spiro atoms. The van der Waals surface area contributed by atoms with Gasteiger partial charge in [-0.25, -0.2) is 22.0 Å². The molecule has 0 aliphatic carbocycles. The Bertz CT molecular complexity index is 1520. The van der Waals surface area contributed by atoms with Crippen molar-refractivity contribution in [3.63, 3.8) is 0 Å². The summed E-state index contributed by atoms with van der Waals surface area (Å²) in [6, 6.07) is 22.9. The van der Waals surface area contributed by atoms with Crippen LogP contribution in [0.1, 0.15) is 0 Å². The largest absolute Gasteiger partial charge is 0.457 e. The van der Waals surface area contributed by atoms with Gasteiger partial charge in [0.05, 0.1) is 16.5 Å². The van der Waals surface area contributed by atoms with E-state index in [2.05, 4.69) is 4.72 Å². The van der Waals surface area contributed by atoms with Crippen molar-refractivity contribution in [3.8, 4) is 11.5 Å². The summed E-state index contributed by atoms with van der Waals surface area (Å²) in [5.41, 5.74) is -0.0972. The molecule has 4 aromatic rings. The molecule has 0 amide bonds. The van der Waals surface area contributed by atoms with Crippen LogP contribution in [0.3, 0.4) is 0 Å². The molecule has 0 aliphatic heterocycles. The molecule has 1 aromatic heterocycles. The lowest BCUT2D eigenvalue weighted by atomic mass is 10.2. The van der Waals surface area contributed by atoms with Crippen molar-refractivity contribution >= 4 is 36.9 Å². The molecule has 0 aliphatic rings. The second-order valence-electron chi connectivity index (χ2n) is 6.78. The number of primary sulfonamides is 1. The quantitative estimate of drug-likeness (QED) is 0.438. The van der Waals surface area contributed by atoms with Crippen LogP contribution in [0.15, 0.2) is 99.0 Å². The average molecular weight is 489 g/mol. The van der Waals surface area contributed by atoms with Gasteiger partial charge in [-0.1, -0.05) is 36.4 Å². The molecule has 4 rings (SSSR count). The maximum absolute atomic E-state index is 12.1. The van der Waals surface area contributed by atoms with Gasteiger partial charge in [-0.15, -0.1) is 0 Å². The first-order valence-corrected chi connectivity index (χ1v) is 12.8. The van der Waals surface area contributed by atoms with E-state index in [9.17, 15) is 21.6 Å². The Balaban J connectivity index is 0.000000257. The van der Waals surface area contributed by atoms with Crippen LogP contribution in [0.2, 0.25) is 0 Å². The Labute approximate surface area is 190 Å². The molecule has 0 bridgehead atoms. The van der Waals surface area contributed by atoms with Crippen molar-refractivity contribution in [1.82, 2.24) is 0 Å². The number of nitrogens with one attached hydrogen (secondary N) is 1. The lowest BCUT2D eigenvalue weighted by molar-refractivity contribution is 0.483. The SMILES string of the molecule is CS(=O)(=O)Nc1cc(=O)c2cc(Oc3ccccc3)ccc2o1.NS(=O)(=O)c1ccccc1. The molecule has 3 N–H and O–H groups in total. The summed E-state index contributed by atoms with van der Waals surface area (Å²) in [5.74, 6) is 1.01. The van der Waals surface area contributed by atoms with E-state index in [1.54, 1.807) is 48.5 Å². The van der Waals surface area contributed by atoms with Gasteiger partial charge in [-0.2, -0.15) is 0 Å². The zero-order chi connectivity index (χ0) is 24.1. The van der Waals surface area contributed by atoms with E-state index >= 15 is 0 Å².